The van der Waals surface area contributed by atoms with Gasteiger partial charge in [0.15, 0.2) is 0 Å². The Morgan fingerprint density at radius 3 is 2.44 bits per heavy atom. The smallest absolute Gasteiger partial charge is 0.119 e. The van der Waals surface area contributed by atoms with Gasteiger partial charge in [0.1, 0.15) is 5.75 Å². The number of ether oxygens (including phenoxy) is 1. The van der Waals surface area contributed by atoms with Crippen LogP contribution in [0.1, 0.15) is 45.6 Å². The molecule has 0 spiro atoms. The van der Waals surface area contributed by atoms with E-state index in [4.69, 9.17) is 4.74 Å². The van der Waals surface area contributed by atoms with Crippen LogP contribution < -0.4 is 4.74 Å². The Bertz CT molecular complexity index is 369. The van der Waals surface area contributed by atoms with Crippen LogP contribution in [0.25, 0.3) is 0 Å². The van der Waals surface area contributed by atoms with Crippen molar-refractivity contribution in [3.8, 4) is 5.75 Å². The molecule has 1 aliphatic rings. The number of rotatable bonds is 3. The van der Waals surface area contributed by atoms with Crippen LogP contribution in [0, 0.1) is 5.41 Å². The van der Waals surface area contributed by atoms with E-state index < -0.39 is 0 Å². The predicted molar refractivity (Wildman–Crippen MR) is 68.0 cm³/mol. The highest BCUT2D eigenvalue weighted by Gasteiger charge is 2.46. The molecule has 1 aromatic rings. The van der Waals surface area contributed by atoms with Crippen molar-refractivity contribution < 1.29 is 4.74 Å². The average molecular weight is 218 g/mol. The minimum atomic E-state index is 0.402. The highest BCUT2D eigenvalue weighted by atomic mass is 16.5. The number of methoxy groups -OCH3 is 1. The van der Waals surface area contributed by atoms with Crippen molar-refractivity contribution in [2.75, 3.05) is 7.11 Å². The lowest BCUT2D eigenvalue weighted by atomic mass is 9.79. The molecule has 0 amide bonds. The van der Waals surface area contributed by atoms with Gasteiger partial charge in [-0.3, -0.25) is 0 Å². The summed E-state index contributed by atoms with van der Waals surface area (Å²) in [7, 11) is 1.74. The normalized spacial score (nSPS) is 18.2. The van der Waals surface area contributed by atoms with Gasteiger partial charge in [-0.2, -0.15) is 0 Å². The van der Waals surface area contributed by atoms with E-state index in [9.17, 15) is 0 Å². The highest BCUT2D eigenvalue weighted by molar-refractivity contribution is 5.37. The van der Waals surface area contributed by atoms with E-state index in [0.717, 1.165) is 5.75 Å². The Balaban J connectivity index is 2.23. The van der Waals surface area contributed by atoms with Gasteiger partial charge < -0.3 is 4.74 Å². The molecule has 2 rings (SSSR count). The first-order valence-corrected chi connectivity index (χ1v) is 6.10. The van der Waals surface area contributed by atoms with Crippen LogP contribution in [0.5, 0.6) is 5.75 Å². The van der Waals surface area contributed by atoms with Crippen LogP contribution in [0.3, 0.4) is 0 Å². The highest BCUT2D eigenvalue weighted by Crippen LogP contribution is 2.55. The largest absolute Gasteiger partial charge is 0.497 e. The van der Waals surface area contributed by atoms with Gasteiger partial charge in [-0.15, -0.1) is 0 Å². The summed E-state index contributed by atoms with van der Waals surface area (Å²) in [6, 6.07) is 8.59. The molecule has 0 saturated heterocycles. The van der Waals surface area contributed by atoms with Crippen LogP contribution in [0.15, 0.2) is 24.3 Å². The van der Waals surface area contributed by atoms with Crippen molar-refractivity contribution in [3.05, 3.63) is 29.8 Å². The molecule has 0 heterocycles. The number of hydrogen-bond donors (Lipinski definition) is 0. The van der Waals surface area contributed by atoms with Crippen LogP contribution in [0.2, 0.25) is 0 Å². The minimum Gasteiger partial charge on any atom is -0.497 e. The monoisotopic (exact) mass is 218 g/mol. The maximum Gasteiger partial charge on any atom is 0.119 e. The van der Waals surface area contributed by atoms with Gasteiger partial charge in [0.25, 0.3) is 0 Å². The molecule has 1 heteroatoms. The summed E-state index contributed by atoms with van der Waals surface area (Å²) in [6.45, 7) is 6.98. The number of hydrogen-bond acceptors (Lipinski definition) is 1. The SMILES string of the molecule is COc1cccc(C2(CC(C)(C)C)CC2)c1. The molecule has 88 valence electrons. The second-order valence-electron chi connectivity index (χ2n) is 6.25. The molecule has 16 heavy (non-hydrogen) atoms. The summed E-state index contributed by atoms with van der Waals surface area (Å²) < 4.78 is 5.31. The standard InChI is InChI=1S/C15H22O/c1-14(2,3)11-15(8-9-15)12-6-5-7-13(10-12)16-4/h5-7,10H,8-9,11H2,1-4H3. The van der Waals surface area contributed by atoms with Crippen molar-refractivity contribution >= 4 is 0 Å². The second-order valence-corrected chi connectivity index (χ2v) is 6.25. The summed E-state index contributed by atoms with van der Waals surface area (Å²) in [4.78, 5) is 0. The minimum absolute atomic E-state index is 0.402. The Kier molecular flexibility index (Phi) is 2.73. The summed E-state index contributed by atoms with van der Waals surface area (Å²) in [5.74, 6) is 0.984. The summed E-state index contributed by atoms with van der Waals surface area (Å²) in [6.07, 6.45) is 3.93. The van der Waals surface area contributed by atoms with Crippen LogP contribution in [-0.2, 0) is 5.41 Å². The van der Waals surface area contributed by atoms with Crippen LogP contribution in [-0.4, -0.2) is 7.11 Å². The van der Waals surface area contributed by atoms with Crippen molar-refractivity contribution in [2.45, 2.75) is 45.4 Å². The summed E-state index contributed by atoms with van der Waals surface area (Å²) in [5.41, 5.74) is 2.30. The van der Waals surface area contributed by atoms with E-state index in [1.54, 1.807) is 7.11 Å². The van der Waals surface area contributed by atoms with E-state index in [1.165, 1.54) is 24.8 Å². The Morgan fingerprint density at radius 2 is 1.94 bits per heavy atom. The molecule has 0 atom stereocenters. The second kappa shape index (κ2) is 3.80. The van der Waals surface area contributed by atoms with Crippen LogP contribution >= 0.6 is 0 Å². The molecule has 1 aromatic carbocycles. The molecule has 1 nitrogen and oxygen atoms in total. The Hall–Kier alpha value is -0.980. The molecular formula is C15H22O. The average Bonchev–Trinajstić information content (AvgIpc) is 2.96. The van der Waals surface area contributed by atoms with Crippen molar-refractivity contribution in [2.24, 2.45) is 5.41 Å². The molecule has 0 aliphatic heterocycles. The fourth-order valence-corrected chi connectivity index (χ4v) is 2.69. The van der Waals surface area contributed by atoms with Gasteiger partial charge in [-0.25, -0.2) is 0 Å². The van der Waals surface area contributed by atoms with Gasteiger partial charge in [0, 0.05) is 0 Å². The molecular weight excluding hydrogens is 196 g/mol. The molecule has 0 N–H and O–H groups in total. The van der Waals surface area contributed by atoms with Crippen LogP contribution in [0.4, 0.5) is 0 Å². The maximum absolute atomic E-state index is 5.31. The molecule has 0 unspecified atom stereocenters. The predicted octanol–water partition coefficient (Wildman–Crippen LogP) is 4.16. The zero-order chi connectivity index (χ0) is 11.8. The first kappa shape index (κ1) is 11.5. The van der Waals surface area contributed by atoms with E-state index >= 15 is 0 Å². The molecule has 0 bridgehead atoms. The lowest BCUT2D eigenvalue weighted by Crippen LogP contribution is -2.17. The molecule has 1 aliphatic carbocycles. The molecule has 1 saturated carbocycles. The Morgan fingerprint density at radius 1 is 1.25 bits per heavy atom. The van der Waals surface area contributed by atoms with Crippen molar-refractivity contribution in [1.82, 2.24) is 0 Å². The quantitative estimate of drug-likeness (QED) is 0.740. The summed E-state index contributed by atoms with van der Waals surface area (Å²) in [5, 5.41) is 0. The van der Waals surface area contributed by atoms with Crippen molar-refractivity contribution in [1.29, 1.82) is 0 Å². The third-order valence-corrected chi connectivity index (χ3v) is 3.40. The fraction of sp³-hybridized carbons (Fsp3) is 0.600. The van der Waals surface area contributed by atoms with Gasteiger partial charge >= 0.3 is 0 Å². The van der Waals surface area contributed by atoms with E-state index in [0.29, 0.717) is 10.8 Å². The zero-order valence-electron chi connectivity index (χ0n) is 10.8. The Labute approximate surface area is 98.8 Å². The fourth-order valence-electron chi connectivity index (χ4n) is 2.69. The van der Waals surface area contributed by atoms with Gasteiger partial charge in [0.05, 0.1) is 7.11 Å². The lowest BCUT2D eigenvalue weighted by molar-refractivity contribution is 0.328. The zero-order valence-corrected chi connectivity index (χ0v) is 10.8. The van der Waals surface area contributed by atoms with E-state index in [2.05, 4.69) is 39.0 Å². The van der Waals surface area contributed by atoms with E-state index in [1.807, 2.05) is 6.07 Å². The van der Waals surface area contributed by atoms with E-state index in [-0.39, 0.29) is 0 Å². The third-order valence-electron chi connectivity index (χ3n) is 3.40. The summed E-state index contributed by atoms with van der Waals surface area (Å²) >= 11 is 0. The maximum atomic E-state index is 5.31. The molecule has 1 fully saturated rings. The topological polar surface area (TPSA) is 9.23 Å². The van der Waals surface area contributed by atoms with Crippen molar-refractivity contribution in [3.63, 3.8) is 0 Å². The molecule has 0 aromatic heterocycles. The third kappa shape index (κ3) is 2.40. The first-order chi connectivity index (χ1) is 7.45. The van der Waals surface area contributed by atoms with Gasteiger partial charge in [-0.05, 0) is 47.8 Å². The van der Waals surface area contributed by atoms with Gasteiger partial charge in [0.2, 0.25) is 0 Å². The first-order valence-electron chi connectivity index (χ1n) is 6.10. The number of benzene rings is 1. The molecule has 0 radical (unpaired) electrons. The van der Waals surface area contributed by atoms with Gasteiger partial charge in [-0.1, -0.05) is 32.9 Å². The lowest BCUT2D eigenvalue weighted by Gasteiger charge is -2.26.